The average Bonchev–Trinajstić information content (AvgIpc) is 3.50. The minimum absolute atomic E-state index is 0.00948. The van der Waals surface area contributed by atoms with Gasteiger partial charge in [0.2, 0.25) is 0 Å². The molecule has 2 aromatic rings. The Kier molecular flexibility index (Phi) is 9.91. The van der Waals surface area contributed by atoms with Crippen LogP contribution in [0.15, 0.2) is 42.5 Å². The van der Waals surface area contributed by atoms with Crippen LogP contribution in [0.5, 0.6) is 0 Å². The largest absolute Gasteiger partial charge is 0.453 e. The van der Waals surface area contributed by atoms with Crippen molar-refractivity contribution in [3.8, 4) is 6.07 Å². The predicted octanol–water partition coefficient (Wildman–Crippen LogP) is 5.17. The number of nitriles is 1. The highest BCUT2D eigenvalue weighted by molar-refractivity contribution is 5.67. The molecule has 5 aliphatic rings. The summed E-state index contributed by atoms with van der Waals surface area (Å²) >= 11 is 0. The number of nitrogens with one attached hydrogen (secondary N) is 1. The van der Waals surface area contributed by atoms with Crippen molar-refractivity contribution in [1.82, 2.24) is 20.0 Å². The van der Waals surface area contributed by atoms with Gasteiger partial charge in [0.05, 0.1) is 18.7 Å². The van der Waals surface area contributed by atoms with E-state index >= 15 is 0 Å². The molecule has 1 N–H and O–H groups in total. The molecule has 2 aromatic carbocycles. The molecule has 0 bridgehead atoms. The van der Waals surface area contributed by atoms with Crippen molar-refractivity contribution >= 4 is 11.8 Å². The molecule has 0 aromatic heterocycles. The number of hydrogen-bond donors (Lipinski definition) is 1. The molecule has 1 amide bonds. The molecular formula is C38H50F2N6O2. The van der Waals surface area contributed by atoms with Gasteiger partial charge < -0.3 is 24.8 Å². The van der Waals surface area contributed by atoms with Gasteiger partial charge in [0, 0.05) is 68.9 Å². The van der Waals surface area contributed by atoms with E-state index in [1.165, 1.54) is 13.5 Å². The molecule has 8 nitrogen and oxygen atoms in total. The van der Waals surface area contributed by atoms with Crippen molar-refractivity contribution < 1.29 is 18.3 Å². The Morgan fingerprint density at radius 2 is 1.77 bits per heavy atom. The summed E-state index contributed by atoms with van der Waals surface area (Å²) in [6.07, 6.45) is 5.16. The Labute approximate surface area is 284 Å². The number of carbonyl (C=O) groups is 1. The summed E-state index contributed by atoms with van der Waals surface area (Å²) in [5, 5.41) is 12.8. The number of alkyl carbamates (subject to hydrolysis) is 1. The smallest absolute Gasteiger partial charge is 0.407 e. The monoisotopic (exact) mass is 660 g/mol. The van der Waals surface area contributed by atoms with Crippen LogP contribution in [0.2, 0.25) is 0 Å². The molecule has 7 rings (SSSR count). The Balaban J connectivity index is 1.02. The number of hydrogen-bond acceptors (Lipinski definition) is 7. The maximum atomic E-state index is 15.0. The third kappa shape index (κ3) is 6.79. The number of carbonyl (C=O) groups excluding carboxylic acids is 1. The molecule has 5 fully saturated rings. The molecule has 258 valence electrons. The molecular weight excluding hydrogens is 610 g/mol. The van der Waals surface area contributed by atoms with Gasteiger partial charge in [-0.2, -0.15) is 5.26 Å². The number of alkyl halides is 1. The van der Waals surface area contributed by atoms with Gasteiger partial charge in [-0.15, -0.1) is 0 Å². The van der Waals surface area contributed by atoms with Crippen LogP contribution >= 0.6 is 0 Å². The Morgan fingerprint density at radius 3 is 2.44 bits per heavy atom. The zero-order valence-electron chi connectivity index (χ0n) is 28.3. The number of nitrogens with zero attached hydrogens (tertiary/aromatic N) is 5. The van der Waals surface area contributed by atoms with Crippen LogP contribution in [0.25, 0.3) is 0 Å². The van der Waals surface area contributed by atoms with E-state index in [-0.39, 0.29) is 29.3 Å². The highest BCUT2D eigenvalue weighted by Crippen LogP contribution is 2.51. The molecule has 10 heteroatoms. The standard InChI is InChI=1S/C38H50F2N6O2/c1-48-37(47)42-36-8-3-7-35(36)38(26-44-13-4-14-44,31-5-2-6-32(39)18-31)30-11-15-43(16-12-30)20-27-21-46(22-27)34-10-9-28(19-41)29(17-34)23-45-24-33(40)25-45/h2,5-6,9-10,17-18,27,30,33,35-36H,3-4,7-8,11-16,20-26H2,1H3,(H,42,47)/t35-,36-,38-/m0/s1. The average molecular weight is 661 g/mol. The highest BCUT2D eigenvalue weighted by Gasteiger charge is 2.53. The number of anilines is 1. The number of rotatable bonds is 11. The molecule has 0 spiro atoms. The van der Waals surface area contributed by atoms with Crippen molar-refractivity contribution in [1.29, 1.82) is 5.26 Å². The zero-order valence-corrected chi connectivity index (χ0v) is 28.3. The van der Waals surface area contributed by atoms with Gasteiger partial charge in [-0.25, -0.2) is 13.6 Å². The lowest BCUT2D eigenvalue weighted by molar-refractivity contribution is 0.0223. The normalized spacial score (nSPS) is 25.8. The van der Waals surface area contributed by atoms with Crippen LogP contribution < -0.4 is 10.2 Å². The molecule has 4 saturated heterocycles. The van der Waals surface area contributed by atoms with Gasteiger partial charge in [-0.3, -0.25) is 4.90 Å². The Morgan fingerprint density at radius 1 is 0.979 bits per heavy atom. The summed E-state index contributed by atoms with van der Waals surface area (Å²) in [5.74, 6) is 0.995. The second-order valence-electron chi connectivity index (χ2n) is 15.1. The fourth-order valence-electron chi connectivity index (χ4n) is 9.52. The van der Waals surface area contributed by atoms with Crippen molar-refractivity contribution in [2.75, 3.05) is 77.5 Å². The fraction of sp³-hybridized carbons (Fsp3) is 0.632. The third-order valence-electron chi connectivity index (χ3n) is 12.1. The van der Waals surface area contributed by atoms with E-state index in [2.05, 4.69) is 43.1 Å². The Bertz CT molecular complexity index is 1480. The van der Waals surface area contributed by atoms with E-state index in [0.717, 1.165) is 101 Å². The summed E-state index contributed by atoms with van der Waals surface area (Å²) in [6, 6.07) is 15.7. The number of piperidine rings is 1. The highest BCUT2D eigenvalue weighted by atomic mass is 19.1. The van der Waals surface area contributed by atoms with Gasteiger partial charge in [0.25, 0.3) is 0 Å². The zero-order chi connectivity index (χ0) is 33.3. The second-order valence-corrected chi connectivity index (χ2v) is 15.1. The fourth-order valence-corrected chi connectivity index (χ4v) is 9.52. The molecule has 0 unspecified atom stereocenters. The number of benzene rings is 2. The first-order valence-corrected chi connectivity index (χ1v) is 18.0. The van der Waals surface area contributed by atoms with Crippen molar-refractivity contribution in [3.05, 3.63) is 65.0 Å². The lowest BCUT2D eigenvalue weighted by Crippen LogP contribution is -2.60. The first-order valence-electron chi connectivity index (χ1n) is 18.0. The van der Waals surface area contributed by atoms with Crippen LogP contribution in [0.1, 0.15) is 55.2 Å². The van der Waals surface area contributed by atoms with Gasteiger partial charge in [-0.1, -0.05) is 18.6 Å². The van der Waals surface area contributed by atoms with E-state index in [0.29, 0.717) is 37.0 Å². The lowest BCUT2D eigenvalue weighted by atomic mass is 9.57. The number of amides is 1. The number of halogens is 2. The Hall–Kier alpha value is -3.26. The molecule has 4 aliphatic heterocycles. The van der Waals surface area contributed by atoms with Crippen molar-refractivity contribution in [2.24, 2.45) is 17.8 Å². The predicted molar refractivity (Wildman–Crippen MR) is 182 cm³/mol. The van der Waals surface area contributed by atoms with E-state index in [1.54, 1.807) is 12.1 Å². The molecule has 0 radical (unpaired) electrons. The summed E-state index contributed by atoms with van der Waals surface area (Å²) in [4.78, 5) is 22.1. The van der Waals surface area contributed by atoms with Crippen LogP contribution in [-0.2, 0) is 16.7 Å². The van der Waals surface area contributed by atoms with Gasteiger partial charge in [0.15, 0.2) is 0 Å². The SMILES string of the molecule is COC(=O)N[C@H]1CCC[C@@H]1[C@](CN1CCC1)(c1cccc(F)c1)C1CCN(CC2CN(c3ccc(C#N)c(CN4CC(F)C4)c3)C2)CC1. The van der Waals surface area contributed by atoms with Gasteiger partial charge in [0.1, 0.15) is 12.0 Å². The van der Waals surface area contributed by atoms with Gasteiger partial charge >= 0.3 is 6.09 Å². The first kappa shape index (κ1) is 33.2. The molecule has 4 heterocycles. The molecule has 1 saturated carbocycles. The summed E-state index contributed by atoms with van der Waals surface area (Å²) in [6.45, 7) is 9.67. The van der Waals surface area contributed by atoms with E-state index < -0.39 is 6.17 Å². The maximum Gasteiger partial charge on any atom is 0.407 e. The number of ether oxygens (including phenoxy) is 1. The van der Waals surface area contributed by atoms with E-state index in [1.807, 2.05) is 18.2 Å². The first-order chi connectivity index (χ1) is 23.3. The summed E-state index contributed by atoms with van der Waals surface area (Å²) in [7, 11) is 1.43. The minimum Gasteiger partial charge on any atom is -0.453 e. The topological polar surface area (TPSA) is 75.1 Å². The van der Waals surface area contributed by atoms with Crippen LogP contribution in [-0.4, -0.2) is 106 Å². The molecule has 3 atom stereocenters. The maximum absolute atomic E-state index is 15.0. The van der Waals surface area contributed by atoms with Crippen LogP contribution in [0.3, 0.4) is 0 Å². The lowest BCUT2D eigenvalue weighted by Gasteiger charge is -2.54. The quantitative estimate of drug-likeness (QED) is 0.357. The molecule has 1 aliphatic carbocycles. The third-order valence-corrected chi connectivity index (χ3v) is 12.1. The minimum atomic E-state index is -0.749. The number of likely N-dealkylation sites (tertiary alicyclic amines) is 3. The van der Waals surface area contributed by atoms with Crippen LogP contribution in [0, 0.1) is 34.9 Å². The number of methoxy groups -OCH3 is 1. The van der Waals surface area contributed by atoms with E-state index in [9.17, 15) is 18.8 Å². The van der Waals surface area contributed by atoms with Crippen molar-refractivity contribution in [2.45, 2.75) is 62.7 Å². The van der Waals surface area contributed by atoms with Gasteiger partial charge in [-0.05, 0) is 112 Å². The second kappa shape index (κ2) is 14.3. The summed E-state index contributed by atoms with van der Waals surface area (Å²) < 4.78 is 33.4. The van der Waals surface area contributed by atoms with Crippen molar-refractivity contribution in [3.63, 3.8) is 0 Å². The summed E-state index contributed by atoms with van der Waals surface area (Å²) in [5.41, 5.74) is 3.65. The molecule has 48 heavy (non-hydrogen) atoms. The van der Waals surface area contributed by atoms with Crippen LogP contribution in [0.4, 0.5) is 19.3 Å². The van der Waals surface area contributed by atoms with E-state index in [4.69, 9.17) is 4.74 Å².